The highest BCUT2D eigenvalue weighted by Crippen LogP contribution is 2.32. The van der Waals surface area contributed by atoms with E-state index in [0.29, 0.717) is 53.3 Å². The molecule has 1 amide bonds. The van der Waals surface area contributed by atoms with E-state index in [1.54, 1.807) is 36.0 Å². The predicted octanol–water partition coefficient (Wildman–Crippen LogP) is 7.57. The van der Waals surface area contributed by atoms with Gasteiger partial charge in [-0.25, -0.2) is 4.39 Å². The fourth-order valence-corrected chi connectivity index (χ4v) is 4.71. The Morgan fingerprint density at radius 3 is 2.27 bits per heavy atom. The van der Waals surface area contributed by atoms with E-state index < -0.39 is 5.82 Å². The molecule has 0 radical (unpaired) electrons. The number of aryl methyl sites for hydroxylation is 1. The van der Waals surface area contributed by atoms with Crippen molar-refractivity contribution in [3.05, 3.63) is 78.2 Å². The van der Waals surface area contributed by atoms with Crippen molar-refractivity contribution in [2.75, 3.05) is 45.3 Å². The smallest absolute Gasteiger partial charge is 0.274 e. The van der Waals surface area contributed by atoms with Crippen molar-refractivity contribution in [3.8, 4) is 40.0 Å². The molecule has 0 bridgehead atoms. The van der Waals surface area contributed by atoms with E-state index in [1.165, 1.54) is 19.2 Å². The molecule has 3 aromatic carbocycles. The van der Waals surface area contributed by atoms with Crippen LogP contribution in [-0.4, -0.2) is 60.5 Å². The fraction of sp³-hybridized carbons (Fsp3) is 0.371. The maximum atomic E-state index is 14.0. The van der Waals surface area contributed by atoms with Gasteiger partial charge in [-0.3, -0.25) is 9.48 Å². The third-order valence-electron chi connectivity index (χ3n) is 7.36. The molecule has 0 saturated carbocycles. The second kappa shape index (κ2) is 16.5. The summed E-state index contributed by atoms with van der Waals surface area (Å²) in [5.74, 6) is 1.48. The van der Waals surface area contributed by atoms with Gasteiger partial charge in [-0.15, -0.1) is 0 Å². The first-order valence-corrected chi connectivity index (χ1v) is 15.4. The Morgan fingerprint density at radius 2 is 1.58 bits per heavy atom. The number of hydrogen-bond acceptors (Lipinski definition) is 7. The highest BCUT2D eigenvalue weighted by Gasteiger charge is 2.17. The first kappa shape index (κ1) is 33.3. The number of carbonyl (C=O) groups excluding carboxylic acids is 1. The van der Waals surface area contributed by atoms with E-state index in [1.807, 2.05) is 30.3 Å². The van der Waals surface area contributed by atoms with Gasteiger partial charge in [0.25, 0.3) is 5.91 Å². The van der Waals surface area contributed by atoms with E-state index in [9.17, 15) is 9.18 Å². The van der Waals surface area contributed by atoms with Crippen LogP contribution in [0.3, 0.4) is 0 Å². The van der Waals surface area contributed by atoms with Crippen LogP contribution >= 0.6 is 0 Å². The number of methoxy groups -OCH3 is 1. The largest absolute Gasteiger partial charge is 0.494 e. The van der Waals surface area contributed by atoms with Gasteiger partial charge in [-0.05, 0) is 80.5 Å². The van der Waals surface area contributed by atoms with Crippen LogP contribution in [0.2, 0.25) is 0 Å². The van der Waals surface area contributed by atoms with Crippen LogP contribution in [0.15, 0.2) is 66.7 Å². The van der Waals surface area contributed by atoms with Crippen LogP contribution in [0.25, 0.3) is 11.3 Å². The minimum Gasteiger partial charge on any atom is -0.494 e. The van der Waals surface area contributed by atoms with Crippen molar-refractivity contribution in [1.82, 2.24) is 14.7 Å². The Kier molecular flexibility index (Phi) is 12.2. The lowest BCUT2D eigenvalue weighted by molar-refractivity contribution is 0.101. The Bertz CT molecular complexity index is 1540. The number of hydrogen-bond donors (Lipinski definition) is 1. The zero-order chi connectivity index (χ0) is 32.2. The summed E-state index contributed by atoms with van der Waals surface area (Å²) in [4.78, 5) is 15.7. The first-order chi connectivity index (χ1) is 21.8. The third kappa shape index (κ3) is 9.21. The predicted molar refractivity (Wildman–Crippen MR) is 174 cm³/mol. The molecule has 0 saturated heterocycles. The summed E-state index contributed by atoms with van der Waals surface area (Å²) in [6.07, 6.45) is 2.82. The summed E-state index contributed by atoms with van der Waals surface area (Å²) < 4.78 is 38.3. The van der Waals surface area contributed by atoms with Crippen LogP contribution in [0.1, 0.15) is 50.5 Å². The fourth-order valence-electron chi connectivity index (χ4n) is 4.71. The number of nitrogens with one attached hydrogen (secondary N) is 1. The number of ether oxygens (including phenoxy) is 4. The first-order valence-electron chi connectivity index (χ1n) is 15.4. The number of halogens is 1. The highest BCUT2D eigenvalue weighted by atomic mass is 19.1. The van der Waals surface area contributed by atoms with E-state index in [4.69, 9.17) is 18.9 Å². The van der Waals surface area contributed by atoms with Crippen LogP contribution in [0.4, 0.5) is 10.1 Å². The minimum atomic E-state index is -0.503. The number of benzene rings is 3. The molecule has 0 aliphatic rings. The van der Waals surface area contributed by atoms with Gasteiger partial charge in [0.15, 0.2) is 11.6 Å². The Labute approximate surface area is 264 Å². The van der Waals surface area contributed by atoms with Gasteiger partial charge in [0.05, 0.1) is 31.7 Å². The van der Waals surface area contributed by atoms with E-state index in [0.717, 1.165) is 44.5 Å². The molecule has 45 heavy (non-hydrogen) atoms. The molecular formula is C35H43FN4O5. The third-order valence-corrected chi connectivity index (χ3v) is 7.36. The molecule has 0 unspecified atom stereocenters. The van der Waals surface area contributed by atoms with Crippen LogP contribution in [0.5, 0.6) is 28.7 Å². The van der Waals surface area contributed by atoms with Gasteiger partial charge in [0.1, 0.15) is 28.7 Å². The molecule has 10 heteroatoms. The molecule has 1 heterocycles. The summed E-state index contributed by atoms with van der Waals surface area (Å²) in [6, 6.07) is 18.8. The number of unbranched alkanes of at least 4 members (excludes halogenated alkanes) is 1. The van der Waals surface area contributed by atoms with Gasteiger partial charge >= 0.3 is 0 Å². The standard InChI is InChI=1S/C35H43FN4O5/c1-6-9-20-44-34-23-27(43-21-10-19-40(7-2)8-3)15-17-30(34)37-35(41)32-24-31(38-39(32)4)25-11-13-26(14-12-25)45-28-16-18-33(42-5)29(36)22-28/h11-18,22-24H,6-10,19-21H2,1-5H3,(H,37,41). The van der Waals surface area contributed by atoms with Crippen LogP contribution in [0, 0.1) is 5.82 Å². The maximum absolute atomic E-state index is 14.0. The van der Waals surface area contributed by atoms with Gasteiger partial charge in [-0.2, -0.15) is 5.10 Å². The molecule has 240 valence electrons. The molecular weight excluding hydrogens is 575 g/mol. The van der Waals surface area contributed by atoms with Gasteiger partial charge in [0.2, 0.25) is 0 Å². The van der Waals surface area contributed by atoms with Gasteiger partial charge in [-0.1, -0.05) is 27.2 Å². The second-order valence-electron chi connectivity index (χ2n) is 10.5. The normalized spacial score (nSPS) is 11.0. The Morgan fingerprint density at radius 1 is 0.867 bits per heavy atom. The molecule has 0 spiro atoms. The maximum Gasteiger partial charge on any atom is 0.274 e. The van der Waals surface area contributed by atoms with Crippen molar-refractivity contribution in [2.24, 2.45) is 7.05 Å². The van der Waals surface area contributed by atoms with Gasteiger partial charge < -0.3 is 29.2 Å². The zero-order valence-electron chi connectivity index (χ0n) is 26.8. The average Bonchev–Trinajstić information content (AvgIpc) is 3.44. The molecule has 0 aliphatic heterocycles. The lowest BCUT2D eigenvalue weighted by Crippen LogP contribution is -2.25. The number of aromatic nitrogens is 2. The molecule has 1 aromatic heterocycles. The Hall–Kier alpha value is -4.57. The monoisotopic (exact) mass is 618 g/mol. The number of carbonyl (C=O) groups is 1. The van der Waals surface area contributed by atoms with Crippen LogP contribution in [-0.2, 0) is 7.05 Å². The molecule has 9 nitrogen and oxygen atoms in total. The van der Waals surface area contributed by atoms with Gasteiger partial charge in [0, 0.05) is 31.3 Å². The lowest BCUT2D eigenvalue weighted by Gasteiger charge is -2.18. The van der Waals surface area contributed by atoms with Crippen molar-refractivity contribution >= 4 is 11.6 Å². The average molecular weight is 619 g/mol. The molecule has 1 N–H and O–H groups in total. The van der Waals surface area contributed by atoms with Crippen molar-refractivity contribution < 1.29 is 28.1 Å². The van der Waals surface area contributed by atoms with Crippen molar-refractivity contribution in [3.63, 3.8) is 0 Å². The zero-order valence-corrected chi connectivity index (χ0v) is 26.8. The summed E-state index contributed by atoms with van der Waals surface area (Å²) >= 11 is 0. The van der Waals surface area contributed by atoms with Crippen molar-refractivity contribution in [1.29, 1.82) is 0 Å². The number of rotatable bonds is 17. The summed E-state index contributed by atoms with van der Waals surface area (Å²) in [7, 11) is 3.13. The topological polar surface area (TPSA) is 87.1 Å². The second-order valence-corrected chi connectivity index (χ2v) is 10.5. The molecule has 0 aliphatic carbocycles. The molecule has 4 rings (SSSR count). The lowest BCUT2D eigenvalue weighted by atomic mass is 10.1. The van der Waals surface area contributed by atoms with E-state index in [2.05, 4.69) is 36.1 Å². The van der Waals surface area contributed by atoms with Crippen molar-refractivity contribution in [2.45, 2.75) is 40.0 Å². The molecule has 4 aromatic rings. The molecule has 0 atom stereocenters. The quantitative estimate of drug-likeness (QED) is 0.122. The minimum absolute atomic E-state index is 0.149. The highest BCUT2D eigenvalue weighted by molar-refractivity contribution is 6.04. The number of amides is 1. The summed E-state index contributed by atoms with van der Waals surface area (Å²) in [5.41, 5.74) is 2.36. The SMILES string of the molecule is CCCCOc1cc(OCCCN(CC)CC)ccc1NC(=O)c1cc(-c2ccc(Oc3ccc(OC)c(F)c3)cc2)nn1C. The number of anilines is 1. The number of nitrogens with zero attached hydrogens (tertiary/aromatic N) is 3. The van der Waals surface area contributed by atoms with E-state index in [-0.39, 0.29) is 11.7 Å². The summed E-state index contributed by atoms with van der Waals surface area (Å²) in [6.45, 7) is 10.6. The summed E-state index contributed by atoms with van der Waals surface area (Å²) in [5, 5.41) is 7.53. The Balaban J connectivity index is 1.42. The van der Waals surface area contributed by atoms with E-state index >= 15 is 0 Å². The van der Waals surface area contributed by atoms with Crippen LogP contribution < -0.4 is 24.3 Å². The molecule has 0 fully saturated rings.